The van der Waals surface area contributed by atoms with E-state index in [1.165, 1.54) is 0 Å². The van der Waals surface area contributed by atoms with Gasteiger partial charge >= 0.3 is 0 Å². The van der Waals surface area contributed by atoms with Crippen LogP contribution in [0.1, 0.15) is 38.3 Å². The number of nitrogens with two attached hydrogens (primary N) is 1. The summed E-state index contributed by atoms with van der Waals surface area (Å²) in [7, 11) is 0. The molecule has 1 saturated carbocycles. The van der Waals surface area contributed by atoms with Crippen LogP contribution in [-0.4, -0.2) is 20.9 Å². The second-order valence-corrected chi connectivity index (χ2v) is 4.93. The van der Waals surface area contributed by atoms with E-state index in [4.69, 9.17) is 17.3 Å². The molecule has 0 atom stereocenters. The van der Waals surface area contributed by atoms with Gasteiger partial charge in [0, 0.05) is 12.6 Å². The predicted molar refractivity (Wildman–Crippen MR) is 63.3 cm³/mol. The van der Waals surface area contributed by atoms with Gasteiger partial charge in [0.15, 0.2) is 0 Å². The number of hydrogen-bond donors (Lipinski definition) is 2. The Labute approximate surface area is 100 Å². The molecule has 90 valence electrons. The van der Waals surface area contributed by atoms with Crippen molar-refractivity contribution in [3.8, 4) is 0 Å². The first-order valence-electron chi connectivity index (χ1n) is 5.76. The fourth-order valence-corrected chi connectivity index (χ4v) is 2.74. The molecule has 0 saturated heterocycles. The third kappa shape index (κ3) is 1.97. The summed E-state index contributed by atoms with van der Waals surface area (Å²) in [4.78, 5) is 0. The van der Waals surface area contributed by atoms with Gasteiger partial charge in [0.2, 0.25) is 0 Å². The highest BCUT2D eigenvalue weighted by Crippen LogP contribution is 2.39. The van der Waals surface area contributed by atoms with Crippen molar-refractivity contribution in [2.75, 3.05) is 0 Å². The Bertz CT molecular complexity index is 369. The number of rotatable bonds is 2. The fraction of sp³-hybridized carbons (Fsp3) is 0.727. The van der Waals surface area contributed by atoms with Crippen molar-refractivity contribution < 1.29 is 5.11 Å². The lowest BCUT2D eigenvalue weighted by molar-refractivity contribution is -0.0127. The predicted octanol–water partition coefficient (Wildman–Crippen LogP) is 1.65. The van der Waals surface area contributed by atoms with Crippen molar-refractivity contribution in [1.82, 2.24) is 9.78 Å². The van der Waals surface area contributed by atoms with Crippen LogP contribution in [0.3, 0.4) is 0 Å². The normalized spacial score (nSPS) is 30.6. The average molecular weight is 244 g/mol. The van der Waals surface area contributed by atoms with Gasteiger partial charge in [-0.1, -0.05) is 11.6 Å². The van der Waals surface area contributed by atoms with Crippen LogP contribution in [0.4, 0.5) is 0 Å². The summed E-state index contributed by atoms with van der Waals surface area (Å²) in [5.41, 5.74) is 5.76. The first-order chi connectivity index (χ1) is 7.57. The summed E-state index contributed by atoms with van der Waals surface area (Å²) in [6.07, 6.45) is 4.61. The Kier molecular flexibility index (Phi) is 3.24. The van der Waals surface area contributed by atoms with Crippen LogP contribution in [0.25, 0.3) is 0 Å². The molecule has 0 radical (unpaired) electrons. The monoisotopic (exact) mass is 243 g/mol. The number of aryl methyl sites for hydroxylation is 1. The molecular weight excluding hydrogens is 226 g/mol. The number of hydrogen-bond acceptors (Lipinski definition) is 3. The zero-order valence-corrected chi connectivity index (χ0v) is 10.2. The lowest BCUT2D eigenvalue weighted by Crippen LogP contribution is -2.38. The van der Waals surface area contributed by atoms with E-state index in [-0.39, 0.29) is 6.04 Å². The molecular formula is C11H18ClN3O. The summed E-state index contributed by atoms with van der Waals surface area (Å²) in [6.45, 7) is 2.71. The molecule has 0 spiro atoms. The van der Waals surface area contributed by atoms with Gasteiger partial charge in [-0.25, -0.2) is 0 Å². The average Bonchev–Trinajstić information content (AvgIpc) is 2.65. The molecule has 0 bridgehead atoms. The van der Waals surface area contributed by atoms with Crippen molar-refractivity contribution in [3.63, 3.8) is 0 Å². The van der Waals surface area contributed by atoms with E-state index >= 15 is 0 Å². The van der Waals surface area contributed by atoms with E-state index in [0.717, 1.165) is 25.1 Å². The first kappa shape index (κ1) is 11.9. The lowest BCUT2D eigenvalue weighted by atomic mass is 9.80. The second kappa shape index (κ2) is 4.35. The summed E-state index contributed by atoms with van der Waals surface area (Å²) in [5, 5.41) is 15.4. The second-order valence-electron chi connectivity index (χ2n) is 4.53. The van der Waals surface area contributed by atoms with E-state index in [1.807, 2.05) is 6.92 Å². The minimum Gasteiger partial charge on any atom is -0.384 e. The molecule has 2 rings (SSSR count). The molecule has 1 aromatic heterocycles. The molecule has 0 amide bonds. The van der Waals surface area contributed by atoms with Crippen LogP contribution in [0.2, 0.25) is 5.02 Å². The molecule has 5 heteroatoms. The number of halogens is 1. The maximum Gasteiger partial charge on any atom is 0.108 e. The number of nitrogens with zero attached hydrogens (tertiary/aromatic N) is 2. The van der Waals surface area contributed by atoms with Crippen LogP contribution in [0.5, 0.6) is 0 Å². The standard InChI is InChI=1S/C11H18ClN3O/c1-2-15-10(9(12)7-14-15)11(16)5-3-8(13)4-6-11/h7-8,16H,2-6,13H2,1H3. The largest absolute Gasteiger partial charge is 0.384 e. The summed E-state index contributed by atoms with van der Waals surface area (Å²) < 4.78 is 1.78. The lowest BCUT2D eigenvalue weighted by Gasteiger charge is -2.35. The minimum absolute atomic E-state index is 0.206. The molecule has 16 heavy (non-hydrogen) atoms. The molecule has 1 fully saturated rings. The Morgan fingerprint density at radius 2 is 2.25 bits per heavy atom. The van der Waals surface area contributed by atoms with Crippen molar-refractivity contribution in [2.45, 2.75) is 50.8 Å². The molecule has 1 aromatic rings. The van der Waals surface area contributed by atoms with E-state index in [1.54, 1.807) is 10.9 Å². The van der Waals surface area contributed by atoms with Gasteiger partial charge in [0.25, 0.3) is 0 Å². The molecule has 1 aliphatic rings. The van der Waals surface area contributed by atoms with Gasteiger partial charge in [0.1, 0.15) is 5.60 Å². The van der Waals surface area contributed by atoms with Crippen LogP contribution in [-0.2, 0) is 12.1 Å². The number of aliphatic hydroxyl groups is 1. The maximum absolute atomic E-state index is 10.6. The topological polar surface area (TPSA) is 64.1 Å². The Morgan fingerprint density at radius 3 is 2.81 bits per heavy atom. The van der Waals surface area contributed by atoms with Gasteiger partial charge < -0.3 is 10.8 Å². The highest BCUT2D eigenvalue weighted by Gasteiger charge is 2.38. The van der Waals surface area contributed by atoms with Crippen LogP contribution in [0.15, 0.2) is 6.20 Å². The third-order valence-corrected chi connectivity index (χ3v) is 3.67. The van der Waals surface area contributed by atoms with Gasteiger partial charge in [-0.3, -0.25) is 4.68 Å². The zero-order chi connectivity index (χ0) is 11.8. The van der Waals surface area contributed by atoms with E-state index in [0.29, 0.717) is 17.9 Å². The SMILES string of the molecule is CCn1ncc(Cl)c1C1(O)CCC(N)CC1. The Hall–Kier alpha value is -0.580. The minimum atomic E-state index is -0.848. The summed E-state index contributed by atoms with van der Waals surface area (Å²) >= 11 is 6.11. The van der Waals surface area contributed by atoms with E-state index in [9.17, 15) is 5.11 Å². The van der Waals surface area contributed by atoms with Crippen LogP contribution < -0.4 is 5.73 Å². The summed E-state index contributed by atoms with van der Waals surface area (Å²) in [5.74, 6) is 0. The molecule has 0 aromatic carbocycles. The Morgan fingerprint density at radius 1 is 1.62 bits per heavy atom. The molecule has 3 N–H and O–H groups in total. The van der Waals surface area contributed by atoms with Gasteiger partial charge in [-0.15, -0.1) is 0 Å². The summed E-state index contributed by atoms with van der Waals surface area (Å²) in [6, 6.07) is 0.206. The van der Waals surface area contributed by atoms with Crippen LogP contribution >= 0.6 is 11.6 Å². The van der Waals surface area contributed by atoms with Crippen molar-refractivity contribution >= 4 is 11.6 Å². The zero-order valence-electron chi connectivity index (χ0n) is 9.49. The highest BCUT2D eigenvalue weighted by molar-refractivity contribution is 6.31. The molecule has 0 aliphatic heterocycles. The molecule has 0 unspecified atom stereocenters. The van der Waals surface area contributed by atoms with Gasteiger partial charge in [-0.05, 0) is 32.6 Å². The van der Waals surface area contributed by atoms with Crippen molar-refractivity contribution in [2.24, 2.45) is 5.73 Å². The first-order valence-corrected chi connectivity index (χ1v) is 6.14. The van der Waals surface area contributed by atoms with Gasteiger partial charge in [-0.2, -0.15) is 5.10 Å². The molecule has 4 nitrogen and oxygen atoms in total. The van der Waals surface area contributed by atoms with Crippen molar-refractivity contribution in [1.29, 1.82) is 0 Å². The van der Waals surface area contributed by atoms with E-state index < -0.39 is 5.60 Å². The van der Waals surface area contributed by atoms with Crippen LogP contribution in [0, 0.1) is 0 Å². The fourth-order valence-electron chi connectivity index (χ4n) is 2.42. The van der Waals surface area contributed by atoms with Crippen molar-refractivity contribution in [3.05, 3.63) is 16.9 Å². The Balaban J connectivity index is 2.31. The quantitative estimate of drug-likeness (QED) is 0.830. The third-order valence-electron chi connectivity index (χ3n) is 3.39. The highest BCUT2D eigenvalue weighted by atomic mass is 35.5. The maximum atomic E-state index is 10.6. The van der Waals surface area contributed by atoms with Gasteiger partial charge in [0.05, 0.1) is 16.9 Å². The smallest absolute Gasteiger partial charge is 0.108 e. The molecule has 1 heterocycles. The number of aromatic nitrogens is 2. The van der Waals surface area contributed by atoms with E-state index in [2.05, 4.69) is 5.10 Å². The molecule has 1 aliphatic carbocycles.